The summed E-state index contributed by atoms with van der Waals surface area (Å²) >= 11 is 0. The first-order valence-corrected chi connectivity index (χ1v) is 6.13. The molecule has 2 N–H and O–H groups in total. The van der Waals surface area contributed by atoms with Gasteiger partial charge in [0.2, 0.25) is 5.91 Å². The van der Waals surface area contributed by atoms with E-state index in [4.69, 9.17) is 5.11 Å². The number of rotatable bonds is 4. The Bertz CT molecular complexity index is 639. The zero-order valence-electron chi connectivity index (χ0n) is 11.1. The maximum Gasteiger partial charge on any atom is 0.248 e. The average Bonchev–Trinajstić information content (AvgIpc) is 2.46. The number of carbonyl (C=O) groups is 1. The van der Waals surface area contributed by atoms with E-state index in [0.29, 0.717) is 11.3 Å². The second kappa shape index (κ2) is 6.58. The van der Waals surface area contributed by atoms with Crippen LogP contribution < -0.4 is 5.32 Å². The van der Waals surface area contributed by atoms with E-state index in [1.54, 1.807) is 30.7 Å². The van der Waals surface area contributed by atoms with Gasteiger partial charge in [-0.05, 0) is 36.3 Å². The zero-order valence-corrected chi connectivity index (χ0v) is 11.1. The van der Waals surface area contributed by atoms with Crippen molar-refractivity contribution in [1.29, 1.82) is 0 Å². The normalized spacial score (nSPS) is 10.7. The van der Waals surface area contributed by atoms with Crippen LogP contribution in [0, 0.1) is 6.92 Å². The maximum atomic E-state index is 11.8. The Morgan fingerprint density at radius 3 is 2.95 bits per heavy atom. The number of nitrogens with zero attached hydrogens (tertiary/aromatic N) is 2. The number of aromatic nitrogens is 2. The molecule has 0 atom stereocenters. The van der Waals surface area contributed by atoms with Gasteiger partial charge in [0.05, 0.1) is 18.5 Å². The summed E-state index contributed by atoms with van der Waals surface area (Å²) < 4.78 is 0. The minimum Gasteiger partial charge on any atom is -0.392 e. The third-order valence-corrected chi connectivity index (χ3v) is 2.66. The molecule has 0 saturated carbocycles. The molecule has 102 valence electrons. The van der Waals surface area contributed by atoms with Crippen LogP contribution in [0.5, 0.6) is 0 Å². The largest absolute Gasteiger partial charge is 0.392 e. The number of pyridine rings is 2. The smallest absolute Gasteiger partial charge is 0.248 e. The fraction of sp³-hybridized carbons (Fsp3) is 0.133. The number of hydrogen-bond donors (Lipinski definition) is 2. The Balaban J connectivity index is 2.06. The van der Waals surface area contributed by atoms with Gasteiger partial charge in [-0.15, -0.1) is 0 Å². The Morgan fingerprint density at radius 1 is 1.35 bits per heavy atom. The number of hydrogen-bond acceptors (Lipinski definition) is 4. The molecule has 1 amide bonds. The van der Waals surface area contributed by atoms with Crippen LogP contribution in [-0.2, 0) is 11.4 Å². The van der Waals surface area contributed by atoms with Crippen LogP contribution in [0.2, 0.25) is 0 Å². The highest BCUT2D eigenvalue weighted by molar-refractivity contribution is 6.02. The summed E-state index contributed by atoms with van der Waals surface area (Å²) in [6.45, 7) is 1.79. The van der Waals surface area contributed by atoms with Gasteiger partial charge in [0.25, 0.3) is 0 Å². The van der Waals surface area contributed by atoms with E-state index < -0.39 is 0 Å². The Morgan fingerprint density at radius 2 is 2.20 bits per heavy atom. The summed E-state index contributed by atoms with van der Waals surface area (Å²) in [6, 6.07) is 3.59. The predicted octanol–water partition coefficient (Wildman–Crippen LogP) is 1.93. The van der Waals surface area contributed by atoms with Crippen LogP contribution in [-0.4, -0.2) is 21.0 Å². The molecule has 0 aliphatic carbocycles. The number of carbonyl (C=O) groups excluding carboxylic acids is 1. The average molecular weight is 269 g/mol. The van der Waals surface area contributed by atoms with Crippen LogP contribution >= 0.6 is 0 Å². The standard InChI is InChI=1S/C15H15N3O2/c1-11-6-12(8-17-7-11)2-3-15(20)18-14-9-16-5-4-13(14)10-19/h2-9,19H,10H2,1H3,(H,18,20)/b3-2+. The van der Waals surface area contributed by atoms with E-state index in [0.717, 1.165) is 11.1 Å². The number of amides is 1. The SMILES string of the molecule is Cc1cncc(/C=C/C(=O)Nc2cnccc2CO)c1. The van der Waals surface area contributed by atoms with Gasteiger partial charge in [-0.3, -0.25) is 14.8 Å². The van der Waals surface area contributed by atoms with Crippen LogP contribution in [0.4, 0.5) is 5.69 Å². The van der Waals surface area contributed by atoms with E-state index in [-0.39, 0.29) is 12.5 Å². The van der Waals surface area contributed by atoms with E-state index in [1.165, 1.54) is 12.3 Å². The molecule has 2 aromatic rings. The third kappa shape index (κ3) is 3.73. The lowest BCUT2D eigenvalue weighted by molar-refractivity contribution is -0.111. The van der Waals surface area contributed by atoms with E-state index >= 15 is 0 Å². The fourth-order valence-corrected chi connectivity index (χ4v) is 1.69. The van der Waals surface area contributed by atoms with Gasteiger partial charge in [-0.25, -0.2) is 0 Å². The van der Waals surface area contributed by atoms with Gasteiger partial charge in [0, 0.05) is 30.2 Å². The number of nitrogens with one attached hydrogen (secondary N) is 1. The third-order valence-electron chi connectivity index (χ3n) is 2.66. The summed E-state index contributed by atoms with van der Waals surface area (Å²) in [5.74, 6) is -0.283. The number of aliphatic hydroxyl groups is 1. The molecule has 0 saturated heterocycles. The topological polar surface area (TPSA) is 75.1 Å². The van der Waals surface area contributed by atoms with Crippen molar-refractivity contribution in [3.63, 3.8) is 0 Å². The molecule has 0 aromatic carbocycles. The molecular formula is C15H15N3O2. The molecule has 0 aliphatic rings. The van der Waals surface area contributed by atoms with Crippen molar-refractivity contribution in [3.05, 3.63) is 59.7 Å². The van der Waals surface area contributed by atoms with Crippen LogP contribution in [0.3, 0.4) is 0 Å². The van der Waals surface area contributed by atoms with E-state index in [9.17, 15) is 4.79 Å². The molecule has 2 heterocycles. The van der Waals surface area contributed by atoms with E-state index in [1.807, 2.05) is 13.0 Å². The van der Waals surface area contributed by atoms with Crippen LogP contribution in [0.15, 0.2) is 43.0 Å². The fourth-order valence-electron chi connectivity index (χ4n) is 1.69. The van der Waals surface area contributed by atoms with Gasteiger partial charge in [0.15, 0.2) is 0 Å². The first-order chi connectivity index (χ1) is 9.69. The first-order valence-electron chi connectivity index (χ1n) is 6.13. The lowest BCUT2D eigenvalue weighted by Gasteiger charge is -2.06. The van der Waals surface area contributed by atoms with Gasteiger partial charge in [-0.1, -0.05) is 0 Å². The van der Waals surface area contributed by atoms with Crippen molar-refractivity contribution >= 4 is 17.7 Å². The molecule has 20 heavy (non-hydrogen) atoms. The Labute approximate surface area is 117 Å². The summed E-state index contributed by atoms with van der Waals surface area (Å²) in [5, 5.41) is 11.8. The first kappa shape index (κ1) is 13.9. The molecule has 5 nitrogen and oxygen atoms in total. The molecular weight excluding hydrogens is 254 g/mol. The summed E-state index contributed by atoms with van der Waals surface area (Å²) in [6.07, 6.45) is 9.61. The number of aryl methyl sites for hydroxylation is 1. The molecule has 0 bridgehead atoms. The lowest BCUT2D eigenvalue weighted by atomic mass is 10.2. The quantitative estimate of drug-likeness (QED) is 0.832. The molecule has 2 aromatic heterocycles. The highest BCUT2D eigenvalue weighted by Gasteiger charge is 2.03. The van der Waals surface area contributed by atoms with Crippen LogP contribution in [0.1, 0.15) is 16.7 Å². The highest BCUT2D eigenvalue weighted by atomic mass is 16.3. The Hall–Kier alpha value is -2.53. The van der Waals surface area contributed by atoms with Crippen molar-refractivity contribution in [3.8, 4) is 0 Å². The summed E-state index contributed by atoms with van der Waals surface area (Å²) in [4.78, 5) is 19.8. The van der Waals surface area contributed by atoms with Crippen LogP contribution in [0.25, 0.3) is 6.08 Å². The second-order valence-corrected chi connectivity index (χ2v) is 4.31. The summed E-state index contributed by atoms with van der Waals surface area (Å²) in [5.41, 5.74) is 3.02. The lowest BCUT2D eigenvalue weighted by Crippen LogP contribution is -2.10. The van der Waals surface area contributed by atoms with Crippen molar-refractivity contribution < 1.29 is 9.90 Å². The molecule has 0 radical (unpaired) electrons. The highest BCUT2D eigenvalue weighted by Crippen LogP contribution is 2.13. The van der Waals surface area contributed by atoms with Gasteiger partial charge >= 0.3 is 0 Å². The van der Waals surface area contributed by atoms with Gasteiger partial charge in [0.1, 0.15) is 0 Å². The van der Waals surface area contributed by atoms with Crippen molar-refractivity contribution in [1.82, 2.24) is 9.97 Å². The predicted molar refractivity (Wildman–Crippen MR) is 76.8 cm³/mol. The van der Waals surface area contributed by atoms with Gasteiger partial charge in [-0.2, -0.15) is 0 Å². The van der Waals surface area contributed by atoms with E-state index in [2.05, 4.69) is 15.3 Å². The maximum absolute atomic E-state index is 11.8. The van der Waals surface area contributed by atoms with Gasteiger partial charge < -0.3 is 10.4 Å². The summed E-state index contributed by atoms with van der Waals surface area (Å²) in [7, 11) is 0. The molecule has 5 heteroatoms. The number of anilines is 1. The Kier molecular flexibility index (Phi) is 4.57. The molecule has 0 unspecified atom stereocenters. The number of aliphatic hydroxyl groups excluding tert-OH is 1. The minimum absolute atomic E-state index is 0.149. The van der Waals surface area contributed by atoms with Crippen molar-refractivity contribution in [2.24, 2.45) is 0 Å². The van der Waals surface area contributed by atoms with Crippen molar-refractivity contribution in [2.45, 2.75) is 13.5 Å². The monoisotopic (exact) mass is 269 g/mol. The van der Waals surface area contributed by atoms with Crippen molar-refractivity contribution in [2.75, 3.05) is 5.32 Å². The second-order valence-electron chi connectivity index (χ2n) is 4.31. The molecule has 2 rings (SSSR count). The zero-order chi connectivity index (χ0) is 14.4. The molecule has 0 spiro atoms. The molecule has 0 fully saturated rings. The minimum atomic E-state index is -0.283. The molecule has 0 aliphatic heterocycles.